The predicted molar refractivity (Wildman–Crippen MR) is 74.9 cm³/mol. The maximum Gasteiger partial charge on any atom is 0.573 e. The number of hydrogen-bond donors (Lipinski definition) is 1. The molecule has 3 unspecified atom stereocenters. The molecule has 0 bridgehead atoms. The van der Waals surface area contributed by atoms with Crippen molar-refractivity contribution < 1.29 is 32.2 Å². The number of primary amides is 1. The summed E-state index contributed by atoms with van der Waals surface area (Å²) < 4.78 is 45.2. The number of piperidine rings is 1. The summed E-state index contributed by atoms with van der Waals surface area (Å²) in [4.78, 5) is 25.1. The average Bonchev–Trinajstić information content (AvgIpc) is 3.14. The Kier molecular flexibility index (Phi) is 4.02. The largest absolute Gasteiger partial charge is 0.573 e. The number of fused-ring (bicyclic) bond motifs is 1. The fourth-order valence-electron chi connectivity index (χ4n) is 3.05. The third-order valence-corrected chi connectivity index (χ3v) is 4.18. The van der Waals surface area contributed by atoms with E-state index in [9.17, 15) is 22.8 Å². The lowest BCUT2D eigenvalue weighted by Crippen LogP contribution is -2.48. The van der Waals surface area contributed by atoms with Crippen LogP contribution in [0.2, 0.25) is 0 Å². The molecule has 2 aliphatic rings. The summed E-state index contributed by atoms with van der Waals surface area (Å²) in [5.41, 5.74) is 5.34. The van der Waals surface area contributed by atoms with E-state index < -0.39 is 18.3 Å². The van der Waals surface area contributed by atoms with Crippen LogP contribution >= 0.6 is 0 Å². The molecule has 130 valence electrons. The monoisotopic (exact) mass is 344 g/mol. The molecule has 1 saturated heterocycles. The van der Waals surface area contributed by atoms with Gasteiger partial charge in [-0.15, -0.1) is 13.2 Å². The summed E-state index contributed by atoms with van der Waals surface area (Å²) in [6.45, 7) is 0.168. The molecule has 0 aromatic heterocycles. The fraction of sp³-hybridized carbons (Fsp3) is 0.467. The summed E-state index contributed by atoms with van der Waals surface area (Å²) in [6.07, 6.45) is -3.86. The van der Waals surface area contributed by atoms with Gasteiger partial charge in [0, 0.05) is 6.54 Å². The Bertz CT molecular complexity index is 647. The van der Waals surface area contributed by atoms with Crippen LogP contribution in [0.5, 0.6) is 11.5 Å². The lowest BCUT2D eigenvalue weighted by atomic mass is 10.2. The van der Waals surface area contributed by atoms with E-state index in [-0.39, 0.29) is 29.9 Å². The van der Waals surface area contributed by atoms with E-state index in [1.165, 1.54) is 17.0 Å². The Hall–Kier alpha value is -2.45. The number of nitrogens with two attached hydrogens (primary N) is 1. The number of carbonyl (C=O) groups excluding carboxylic acids is 2. The minimum absolute atomic E-state index is 0.144. The van der Waals surface area contributed by atoms with Crippen molar-refractivity contribution in [3.8, 4) is 11.5 Å². The highest BCUT2D eigenvalue weighted by molar-refractivity contribution is 5.88. The van der Waals surface area contributed by atoms with Crippen LogP contribution in [-0.2, 0) is 9.59 Å². The number of ether oxygens (including phenoxy) is 2. The number of carbonyl (C=O) groups is 2. The average molecular weight is 344 g/mol. The Labute approximate surface area is 135 Å². The molecule has 3 atom stereocenters. The van der Waals surface area contributed by atoms with Gasteiger partial charge in [0.1, 0.15) is 17.5 Å². The molecule has 24 heavy (non-hydrogen) atoms. The first-order chi connectivity index (χ1) is 11.2. The first kappa shape index (κ1) is 16.4. The van der Waals surface area contributed by atoms with E-state index in [4.69, 9.17) is 10.5 Å². The van der Waals surface area contributed by atoms with Crippen LogP contribution in [0.3, 0.4) is 0 Å². The highest BCUT2D eigenvalue weighted by atomic mass is 19.4. The van der Waals surface area contributed by atoms with Gasteiger partial charge < -0.3 is 20.1 Å². The number of nitrogens with zero attached hydrogens (tertiary/aromatic N) is 1. The molecule has 1 aliphatic carbocycles. The van der Waals surface area contributed by atoms with Gasteiger partial charge in [0.05, 0.1) is 0 Å². The third-order valence-electron chi connectivity index (χ3n) is 4.18. The number of hydrogen-bond acceptors (Lipinski definition) is 4. The second-order valence-corrected chi connectivity index (χ2v) is 5.86. The molecular formula is C15H15F3N2O4. The fourth-order valence-corrected chi connectivity index (χ4v) is 3.05. The van der Waals surface area contributed by atoms with Crippen LogP contribution < -0.4 is 15.2 Å². The lowest BCUT2D eigenvalue weighted by Gasteiger charge is -2.25. The van der Waals surface area contributed by atoms with Gasteiger partial charge in [0.15, 0.2) is 6.61 Å². The number of rotatable bonds is 5. The van der Waals surface area contributed by atoms with Gasteiger partial charge >= 0.3 is 6.36 Å². The van der Waals surface area contributed by atoms with Gasteiger partial charge in [0.25, 0.3) is 5.91 Å². The maximum absolute atomic E-state index is 12.2. The molecule has 3 rings (SSSR count). The second kappa shape index (κ2) is 5.88. The molecule has 1 aromatic rings. The van der Waals surface area contributed by atoms with E-state index in [0.717, 1.165) is 18.6 Å². The molecule has 0 radical (unpaired) electrons. The van der Waals surface area contributed by atoms with Gasteiger partial charge in [-0.2, -0.15) is 0 Å². The highest BCUT2D eigenvalue weighted by Crippen LogP contribution is 2.49. The van der Waals surface area contributed by atoms with Crippen LogP contribution in [0.25, 0.3) is 0 Å². The molecule has 1 aliphatic heterocycles. The maximum atomic E-state index is 12.2. The lowest BCUT2D eigenvalue weighted by molar-refractivity contribution is -0.274. The summed E-state index contributed by atoms with van der Waals surface area (Å²) in [5.74, 6) is -0.591. The Balaban J connectivity index is 1.54. The molecular weight excluding hydrogens is 329 g/mol. The van der Waals surface area contributed by atoms with Crippen molar-refractivity contribution in [3.63, 3.8) is 0 Å². The minimum atomic E-state index is -4.77. The topological polar surface area (TPSA) is 81.9 Å². The molecule has 2 fully saturated rings. The first-order valence-electron chi connectivity index (χ1n) is 7.32. The summed E-state index contributed by atoms with van der Waals surface area (Å²) >= 11 is 0. The SMILES string of the molecule is NC(=O)C1C2CC2CN1C(=O)COc1ccc(OC(F)(F)F)cc1. The summed E-state index contributed by atoms with van der Waals surface area (Å²) in [5, 5.41) is 0. The number of benzene rings is 1. The van der Waals surface area contributed by atoms with Crippen LogP contribution in [0.1, 0.15) is 6.42 Å². The molecule has 0 spiro atoms. The molecule has 9 heteroatoms. The van der Waals surface area contributed by atoms with Crippen molar-refractivity contribution in [1.82, 2.24) is 4.90 Å². The van der Waals surface area contributed by atoms with Gasteiger partial charge in [-0.05, 0) is 42.5 Å². The molecule has 1 saturated carbocycles. The Morgan fingerprint density at radius 1 is 1.21 bits per heavy atom. The van der Waals surface area contributed by atoms with Crippen molar-refractivity contribution in [2.45, 2.75) is 18.8 Å². The third kappa shape index (κ3) is 3.55. The molecule has 6 nitrogen and oxygen atoms in total. The zero-order valence-electron chi connectivity index (χ0n) is 12.5. The van der Waals surface area contributed by atoms with Gasteiger partial charge in [0.2, 0.25) is 5.91 Å². The normalized spacial score (nSPS) is 25.1. The number of halogens is 3. The van der Waals surface area contributed by atoms with Crippen LogP contribution in [0, 0.1) is 11.8 Å². The molecule has 2 amide bonds. The van der Waals surface area contributed by atoms with Crippen molar-refractivity contribution in [2.24, 2.45) is 17.6 Å². The van der Waals surface area contributed by atoms with E-state index >= 15 is 0 Å². The zero-order chi connectivity index (χ0) is 17.5. The van der Waals surface area contributed by atoms with E-state index in [1.54, 1.807) is 0 Å². The van der Waals surface area contributed by atoms with E-state index in [0.29, 0.717) is 12.5 Å². The molecule has 1 heterocycles. The Morgan fingerprint density at radius 2 is 1.83 bits per heavy atom. The summed E-state index contributed by atoms with van der Waals surface area (Å²) in [7, 11) is 0. The van der Waals surface area contributed by atoms with Gasteiger partial charge in [-0.3, -0.25) is 9.59 Å². The Morgan fingerprint density at radius 3 is 2.42 bits per heavy atom. The molecule has 2 N–H and O–H groups in total. The highest BCUT2D eigenvalue weighted by Gasteiger charge is 2.56. The second-order valence-electron chi connectivity index (χ2n) is 5.86. The number of likely N-dealkylation sites (tertiary alicyclic amines) is 1. The van der Waals surface area contributed by atoms with Crippen LogP contribution in [0.15, 0.2) is 24.3 Å². The minimum Gasteiger partial charge on any atom is -0.484 e. The van der Waals surface area contributed by atoms with Gasteiger partial charge in [-0.1, -0.05) is 0 Å². The quantitative estimate of drug-likeness (QED) is 0.873. The van der Waals surface area contributed by atoms with Crippen molar-refractivity contribution in [1.29, 1.82) is 0 Å². The summed E-state index contributed by atoms with van der Waals surface area (Å²) in [6, 6.07) is 4.12. The van der Waals surface area contributed by atoms with Gasteiger partial charge in [-0.25, -0.2) is 0 Å². The standard InChI is InChI=1S/C15H15F3N2O4/c16-15(17,18)24-10-3-1-9(2-4-10)23-7-12(21)20-6-8-5-11(8)13(20)14(19)22/h1-4,8,11,13H,5-7H2,(H2,19,22). The van der Waals surface area contributed by atoms with E-state index in [1.807, 2.05) is 0 Å². The molecule has 1 aromatic carbocycles. The van der Waals surface area contributed by atoms with Crippen molar-refractivity contribution in [3.05, 3.63) is 24.3 Å². The van der Waals surface area contributed by atoms with E-state index in [2.05, 4.69) is 4.74 Å². The van der Waals surface area contributed by atoms with Crippen LogP contribution in [-0.4, -0.2) is 42.3 Å². The zero-order valence-corrected chi connectivity index (χ0v) is 12.5. The van der Waals surface area contributed by atoms with Crippen molar-refractivity contribution in [2.75, 3.05) is 13.2 Å². The predicted octanol–water partition coefficient (Wildman–Crippen LogP) is 1.30. The van der Waals surface area contributed by atoms with Crippen LogP contribution in [0.4, 0.5) is 13.2 Å². The first-order valence-corrected chi connectivity index (χ1v) is 7.32. The smallest absolute Gasteiger partial charge is 0.484 e. The van der Waals surface area contributed by atoms with Crippen molar-refractivity contribution >= 4 is 11.8 Å². The number of alkyl halides is 3. The number of amides is 2.